The fourth-order valence-corrected chi connectivity index (χ4v) is 1.61. The van der Waals surface area contributed by atoms with Gasteiger partial charge in [0.1, 0.15) is 17.9 Å². The first-order chi connectivity index (χ1) is 9.54. The first kappa shape index (κ1) is 16.4. The molecule has 0 saturated heterocycles. The molecule has 0 N–H and O–H groups in total. The zero-order valence-electron chi connectivity index (χ0n) is 11.4. The molecule has 1 amide bonds. The van der Waals surface area contributed by atoms with Crippen molar-refractivity contribution in [2.45, 2.75) is 4.83 Å². The Kier molecular flexibility index (Phi) is 6.93. The number of benzene rings is 1. The molecule has 1 unspecified atom stereocenters. The Morgan fingerprint density at radius 2 is 2.05 bits per heavy atom. The van der Waals surface area contributed by atoms with Gasteiger partial charge in [0.2, 0.25) is 10.0 Å². The maximum Gasteiger partial charge on any atom is 0.360 e. The molecular weight excluding hydrogens is 324 g/mol. The van der Waals surface area contributed by atoms with Crippen molar-refractivity contribution in [3.8, 4) is 0 Å². The van der Waals surface area contributed by atoms with Gasteiger partial charge >= 0.3 is 5.91 Å². The molecule has 0 bridgehead atoms. The third-order valence-electron chi connectivity index (χ3n) is 2.44. The zero-order chi connectivity index (χ0) is 15.0. The van der Waals surface area contributed by atoms with E-state index in [9.17, 15) is 9.59 Å². The third-order valence-corrected chi connectivity index (χ3v) is 3.19. The van der Waals surface area contributed by atoms with Crippen LogP contribution in [0.4, 0.5) is 0 Å². The molecule has 0 heterocycles. The van der Waals surface area contributed by atoms with Gasteiger partial charge in [-0.25, -0.2) is 0 Å². The van der Waals surface area contributed by atoms with Crippen LogP contribution >= 0.6 is 15.9 Å². The van der Waals surface area contributed by atoms with Crippen molar-refractivity contribution >= 4 is 28.1 Å². The van der Waals surface area contributed by atoms with Crippen molar-refractivity contribution in [1.82, 2.24) is 9.81 Å². The summed E-state index contributed by atoms with van der Waals surface area (Å²) in [6.45, 7) is 1.24. The van der Waals surface area contributed by atoms with Crippen LogP contribution in [0.2, 0.25) is 0 Å². The number of carbonyl (C=O) groups is 2. The summed E-state index contributed by atoms with van der Waals surface area (Å²) in [5.74, 6) is -0.456. The Morgan fingerprint density at radius 3 is 2.60 bits per heavy atom. The molecule has 0 spiro atoms. The highest BCUT2D eigenvalue weighted by atomic mass is 79.9. The Hall–Kier alpha value is -1.69. The summed E-state index contributed by atoms with van der Waals surface area (Å²) >= 11 is 3.20. The van der Waals surface area contributed by atoms with E-state index in [2.05, 4.69) is 31.1 Å². The van der Waals surface area contributed by atoms with E-state index in [0.717, 1.165) is 18.4 Å². The number of hydrogen-bond donors (Lipinski definition) is 0. The average molecular weight is 340 g/mol. The fraction of sp³-hybridized carbons (Fsp3) is 0.385. The Balaban J connectivity index is 2.64. The second-order valence-electron chi connectivity index (χ2n) is 4.32. The van der Waals surface area contributed by atoms with Gasteiger partial charge in [-0.1, -0.05) is 28.1 Å². The van der Waals surface area contributed by atoms with Gasteiger partial charge in [0, 0.05) is 12.1 Å². The third kappa shape index (κ3) is 5.52. The van der Waals surface area contributed by atoms with Crippen LogP contribution in [-0.2, 0) is 4.79 Å². The summed E-state index contributed by atoms with van der Waals surface area (Å²) in [5.41, 5.74) is 1.19. The quantitative estimate of drug-likeness (QED) is 0.344. The predicted molar refractivity (Wildman–Crippen MR) is 78.9 cm³/mol. The summed E-state index contributed by atoms with van der Waals surface area (Å²) in [6.07, 6.45) is 0.778. The molecule has 0 radical (unpaired) electrons. The summed E-state index contributed by atoms with van der Waals surface area (Å²) in [4.78, 5) is 27.4. The lowest BCUT2D eigenvalue weighted by Gasteiger charge is -2.01. The minimum atomic E-state index is -0.456. The molecule has 0 fully saturated rings. The summed E-state index contributed by atoms with van der Waals surface area (Å²) in [6, 6.07) is 6.60. The molecule has 1 rings (SSSR count). The SMILES string of the molecule is CN(C)CCN=[N+]=NC(=O)c1ccc(C(Br)C=O)cc1. The van der Waals surface area contributed by atoms with Gasteiger partial charge in [-0.2, -0.15) is 0 Å². The van der Waals surface area contributed by atoms with Crippen molar-refractivity contribution in [3.05, 3.63) is 35.4 Å². The highest BCUT2D eigenvalue weighted by Crippen LogP contribution is 2.20. The normalized spacial score (nSPS) is 11.6. The Morgan fingerprint density at radius 1 is 1.40 bits per heavy atom. The highest BCUT2D eigenvalue weighted by molar-refractivity contribution is 9.09. The molecule has 0 aromatic heterocycles. The van der Waals surface area contributed by atoms with Crippen LogP contribution in [0.15, 0.2) is 34.5 Å². The van der Waals surface area contributed by atoms with Gasteiger partial charge in [-0.15, -0.1) is 0 Å². The number of hydrogen-bond acceptors (Lipinski definition) is 4. The molecule has 1 atom stereocenters. The van der Waals surface area contributed by atoms with E-state index in [0.29, 0.717) is 12.1 Å². The van der Waals surface area contributed by atoms with Crippen molar-refractivity contribution in [2.24, 2.45) is 10.2 Å². The lowest BCUT2D eigenvalue weighted by Crippen LogP contribution is -2.15. The number of rotatable bonds is 6. The van der Waals surface area contributed by atoms with Crippen LogP contribution in [0.5, 0.6) is 0 Å². The molecule has 6 nitrogen and oxygen atoms in total. The smallest absolute Gasteiger partial charge is 0.307 e. The van der Waals surface area contributed by atoms with Crippen LogP contribution in [0.25, 0.3) is 0 Å². The zero-order valence-corrected chi connectivity index (χ0v) is 12.9. The summed E-state index contributed by atoms with van der Waals surface area (Å²) in [5, 5.41) is 7.28. The van der Waals surface area contributed by atoms with E-state index < -0.39 is 5.91 Å². The maximum absolute atomic E-state index is 11.7. The van der Waals surface area contributed by atoms with E-state index >= 15 is 0 Å². The van der Waals surface area contributed by atoms with E-state index in [1.54, 1.807) is 24.3 Å². The van der Waals surface area contributed by atoms with Crippen molar-refractivity contribution in [2.75, 3.05) is 27.2 Å². The molecule has 20 heavy (non-hydrogen) atoms. The van der Waals surface area contributed by atoms with Crippen LogP contribution in [-0.4, -0.2) is 44.3 Å². The van der Waals surface area contributed by atoms with Crippen LogP contribution in [0, 0.1) is 0 Å². The first-order valence-corrected chi connectivity index (χ1v) is 6.92. The van der Waals surface area contributed by atoms with E-state index in [4.69, 9.17) is 0 Å². The van der Waals surface area contributed by atoms with Crippen LogP contribution < -0.4 is 4.91 Å². The molecule has 0 aliphatic carbocycles. The minimum Gasteiger partial charge on any atom is -0.307 e. The standard InChI is InChI=1S/C13H16BrN4O2/c1-18(2)8-7-15-17-16-13(20)11-5-3-10(4-6-11)12(14)9-19/h3-6,9,12H,7-8H2,1-2H3/q+1. The highest BCUT2D eigenvalue weighted by Gasteiger charge is 2.11. The number of halogens is 1. The number of alkyl halides is 1. The molecule has 106 valence electrons. The van der Waals surface area contributed by atoms with Crippen LogP contribution in [0.3, 0.4) is 0 Å². The fourth-order valence-electron chi connectivity index (χ4n) is 1.31. The average Bonchev–Trinajstić information content (AvgIpc) is 2.45. The summed E-state index contributed by atoms with van der Waals surface area (Å²) < 4.78 is 0. The molecule has 0 aliphatic heterocycles. The first-order valence-electron chi connectivity index (χ1n) is 6.00. The van der Waals surface area contributed by atoms with Crippen LogP contribution in [0.1, 0.15) is 20.7 Å². The largest absolute Gasteiger partial charge is 0.360 e. The van der Waals surface area contributed by atoms with Crippen molar-refractivity contribution in [1.29, 1.82) is 0 Å². The second-order valence-corrected chi connectivity index (χ2v) is 5.31. The number of nitrogens with zero attached hydrogens (tertiary/aromatic N) is 4. The molecule has 1 aromatic rings. The van der Waals surface area contributed by atoms with Gasteiger partial charge in [0.05, 0.1) is 4.83 Å². The van der Waals surface area contributed by atoms with Gasteiger partial charge in [-0.05, 0) is 31.8 Å². The summed E-state index contributed by atoms with van der Waals surface area (Å²) in [7, 11) is 3.85. The predicted octanol–water partition coefficient (Wildman–Crippen LogP) is 1.99. The van der Waals surface area contributed by atoms with E-state index in [1.165, 1.54) is 0 Å². The van der Waals surface area contributed by atoms with Crippen molar-refractivity contribution in [3.63, 3.8) is 0 Å². The Labute approximate surface area is 125 Å². The molecule has 1 aromatic carbocycles. The monoisotopic (exact) mass is 339 g/mol. The second kappa shape index (κ2) is 8.47. The lowest BCUT2D eigenvalue weighted by atomic mass is 10.1. The van der Waals surface area contributed by atoms with Gasteiger partial charge in [0.15, 0.2) is 0 Å². The topological polar surface area (TPSA) is 76.2 Å². The van der Waals surface area contributed by atoms with E-state index in [1.807, 2.05) is 19.0 Å². The van der Waals surface area contributed by atoms with Gasteiger partial charge < -0.3 is 9.69 Å². The number of likely N-dealkylation sites (N-methyl/N-ethyl adjacent to an activating group) is 1. The molecular formula is C13H16BrN4O2+. The molecule has 0 saturated carbocycles. The molecule has 7 heteroatoms. The minimum absolute atomic E-state index is 0.366. The van der Waals surface area contributed by atoms with Crippen molar-refractivity contribution < 1.29 is 9.59 Å². The number of amides is 1. The Bertz CT molecular complexity index is 522. The lowest BCUT2D eigenvalue weighted by molar-refractivity contribution is -0.107. The van der Waals surface area contributed by atoms with E-state index in [-0.39, 0.29) is 4.83 Å². The number of aldehydes is 1. The van der Waals surface area contributed by atoms with Gasteiger partial charge in [-0.3, -0.25) is 4.79 Å². The maximum atomic E-state index is 11.7. The van der Waals surface area contributed by atoms with Gasteiger partial charge in [0.25, 0.3) is 0 Å². The molecule has 0 aliphatic rings. The number of carbonyl (C=O) groups excluding carboxylic acids is 2.